The molecule has 0 aromatic heterocycles. The average molecular weight is 364 g/mol. The maximum Gasteiger partial charge on any atom is 0.227 e. The van der Waals surface area contributed by atoms with Gasteiger partial charge in [0.25, 0.3) is 0 Å². The molecule has 1 aliphatic heterocycles. The molecule has 1 atom stereocenters. The average Bonchev–Trinajstić information content (AvgIpc) is 2.92. The molecular formula is C14H20BrClN2O2. The number of hydrogen-bond acceptors (Lipinski definition) is 3. The second kappa shape index (κ2) is 7.86. The molecule has 0 radical (unpaired) electrons. The molecule has 0 spiro atoms. The molecule has 1 unspecified atom stereocenters. The van der Waals surface area contributed by atoms with Gasteiger partial charge in [-0.3, -0.25) is 4.79 Å². The van der Waals surface area contributed by atoms with Crippen molar-refractivity contribution in [2.45, 2.75) is 13.0 Å². The molecule has 1 heterocycles. The van der Waals surface area contributed by atoms with Gasteiger partial charge in [0.1, 0.15) is 5.75 Å². The summed E-state index contributed by atoms with van der Waals surface area (Å²) in [6.45, 7) is 2.29. The van der Waals surface area contributed by atoms with Crippen LogP contribution in [0.3, 0.4) is 0 Å². The van der Waals surface area contributed by atoms with Gasteiger partial charge in [-0.05, 0) is 31.2 Å². The molecule has 0 aliphatic carbocycles. The zero-order chi connectivity index (χ0) is 13.8. The molecule has 1 N–H and O–H groups in total. The van der Waals surface area contributed by atoms with Crippen LogP contribution in [0.2, 0.25) is 0 Å². The van der Waals surface area contributed by atoms with Crippen molar-refractivity contribution in [1.82, 2.24) is 10.2 Å². The molecule has 20 heavy (non-hydrogen) atoms. The van der Waals surface area contributed by atoms with E-state index in [4.69, 9.17) is 4.74 Å². The van der Waals surface area contributed by atoms with Gasteiger partial charge in [-0.15, -0.1) is 12.4 Å². The predicted octanol–water partition coefficient (Wildman–Crippen LogP) is 2.45. The van der Waals surface area contributed by atoms with Crippen molar-refractivity contribution in [3.05, 3.63) is 28.2 Å². The summed E-state index contributed by atoms with van der Waals surface area (Å²) < 4.78 is 6.33. The first-order valence-electron chi connectivity index (χ1n) is 6.40. The van der Waals surface area contributed by atoms with Crippen LogP contribution >= 0.6 is 28.3 Å². The Kier molecular flexibility index (Phi) is 6.79. The molecule has 1 fully saturated rings. The summed E-state index contributed by atoms with van der Waals surface area (Å²) in [5.41, 5.74) is 1.01. The van der Waals surface area contributed by atoms with Gasteiger partial charge in [0.05, 0.1) is 13.0 Å². The van der Waals surface area contributed by atoms with Gasteiger partial charge in [0, 0.05) is 30.2 Å². The molecular weight excluding hydrogens is 344 g/mol. The number of carbonyl (C=O) groups excluding carboxylic acids is 1. The molecule has 1 aliphatic rings. The van der Waals surface area contributed by atoms with Crippen molar-refractivity contribution in [2.24, 2.45) is 5.92 Å². The highest BCUT2D eigenvalue weighted by atomic mass is 79.9. The summed E-state index contributed by atoms with van der Waals surface area (Å²) in [6, 6.07) is 5.84. The maximum atomic E-state index is 12.3. The van der Waals surface area contributed by atoms with Crippen molar-refractivity contribution >= 4 is 34.2 Å². The highest BCUT2D eigenvalue weighted by molar-refractivity contribution is 9.10. The highest BCUT2D eigenvalue weighted by Crippen LogP contribution is 2.24. The lowest BCUT2D eigenvalue weighted by atomic mass is 10.1. The second-order valence-electron chi connectivity index (χ2n) is 4.84. The van der Waals surface area contributed by atoms with E-state index in [2.05, 4.69) is 21.2 Å². The molecule has 6 heteroatoms. The Balaban J connectivity index is 0.00000200. The van der Waals surface area contributed by atoms with E-state index in [9.17, 15) is 4.79 Å². The van der Waals surface area contributed by atoms with E-state index in [1.807, 2.05) is 25.2 Å². The first-order valence-corrected chi connectivity index (χ1v) is 7.19. The Morgan fingerprint density at radius 3 is 2.90 bits per heavy atom. The Morgan fingerprint density at radius 1 is 1.55 bits per heavy atom. The summed E-state index contributed by atoms with van der Waals surface area (Å²) in [6.07, 6.45) is 0.929. The predicted molar refractivity (Wildman–Crippen MR) is 85.4 cm³/mol. The quantitative estimate of drug-likeness (QED) is 0.893. The number of hydrogen-bond donors (Lipinski definition) is 1. The van der Waals surface area contributed by atoms with Gasteiger partial charge in [-0.25, -0.2) is 0 Å². The summed E-state index contributed by atoms with van der Waals surface area (Å²) >= 11 is 3.45. The van der Waals surface area contributed by atoms with Crippen LogP contribution in [-0.2, 0) is 11.3 Å². The number of amides is 1. The number of halogens is 2. The van der Waals surface area contributed by atoms with E-state index >= 15 is 0 Å². The summed E-state index contributed by atoms with van der Waals surface area (Å²) in [5.74, 6) is 1.13. The van der Waals surface area contributed by atoms with Gasteiger partial charge in [-0.2, -0.15) is 0 Å². The van der Waals surface area contributed by atoms with E-state index in [1.54, 1.807) is 12.0 Å². The second-order valence-corrected chi connectivity index (χ2v) is 5.76. The van der Waals surface area contributed by atoms with Gasteiger partial charge >= 0.3 is 0 Å². The van der Waals surface area contributed by atoms with Crippen LogP contribution in [0.25, 0.3) is 0 Å². The normalized spacial score (nSPS) is 17.4. The SMILES string of the molecule is COc1ccc(Br)cc1CN(C)C(=O)C1CCNC1.Cl. The molecule has 2 rings (SSSR count). The van der Waals surface area contributed by atoms with Crippen LogP contribution in [0, 0.1) is 5.92 Å². The van der Waals surface area contributed by atoms with Crippen molar-refractivity contribution in [3.63, 3.8) is 0 Å². The van der Waals surface area contributed by atoms with Gasteiger partial charge in [0.15, 0.2) is 0 Å². The first kappa shape index (κ1) is 17.3. The lowest BCUT2D eigenvalue weighted by molar-refractivity contribution is -0.134. The molecule has 1 aromatic rings. The number of methoxy groups -OCH3 is 1. The largest absolute Gasteiger partial charge is 0.496 e. The topological polar surface area (TPSA) is 41.6 Å². The fraction of sp³-hybridized carbons (Fsp3) is 0.500. The molecule has 4 nitrogen and oxygen atoms in total. The van der Waals surface area contributed by atoms with Crippen LogP contribution in [0.4, 0.5) is 0 Å². The van der Waals surface area contributed by atoms with Crippen LogP contribution in [0.5, 0.6) is 5.75 Å². The molecule has 1 amide bonds. The number of rotatable bonds is 4. The van der Waals surface area contributed by atoms with Crippen molar-refractivity contribution < 1.29 is 9.53 Å². The number of carbonyl (C=O) groups is 1. The summed E-state index contributed by atoms with van der Waals surface area (Å²) in [7, 11) is 3.50. The molecule has 112 valence electrons. The van der Waals surface area contributed by atoms with Crippen molar-refractivity contribution in [2.75, 3.05) is 27.2 Å². The smallest absolute Gasteiger partial charge is 0.227 e. The number of benzene rings is 1. The van der Waals surface area contributed by atoms with Crippen molar-refractivity contribution in [3.8, 4) is 5.75 Å². The number of nitrogens with zero attached hydrogens (tertiary/aromatic N) is 1. The Labute approximate surface area is 134 Å². The Morgan fingerprint density at radius 2 is 2.30 bits per heavy atom. The van der Waals surface area contributed by atoms with E-state index in [0.29, 0.717) is 6.54 Å². The van der Waals surface area contributed by atoms with E-state index in [0.717, 1.165) is 35.3 Å². The van der Waals surface area contributed by atoms with Gasteiger partial charge < -0.3 is 15.0 Å². The number of nitrogens with one attached hydrogen (secondary N) is 1. The highest BCUT2D eigenvalue weighted by Gasteiger charge is 2.25. The fourth-order valence-electron chi connectivity index (χ4n) is 2.38. The first-order chi connectivity index (χ1) is 9.11. The minimum atomic E-state index is 0. The zero-order valence-corrected chi connectivity index (χ0v) is 14.1. The van der Waals surface area contributed by atoms with Gasteiger partial charge in [-0.1, -0.05) is 15.9 Å². The minimum Gasteiger partial charge on any atom is -0.496 e. The zero-order valence-electron chi connectivity index (χ0n) is 11.7. The summed E-state index contributed by atoms with van der Waals surface area (Å²) in [5, 5.41) is 3.22. The fourth-order valence-corrected chi connectivity index (χ4v) is 2.79. The third-order valence-electron chi connectivity index (χ3n) is 3.44. The Hall–Kier alpha value is -0.780. The monoisotopic (exact) mass is 362 g/mol. The van der Waals surface area contributed by atoms with E-state index in [-0.39, 0.29) is 24.2 Å². The van der Waals surface area contributed by atoms with E-state index < -0.39 is 0 Å². The number of ether oxygens (including phenoxy) is 1. The van der Waals surface area contributed by atoms with Gasteiger partial charge in [0.2, 0.25) is 5.91 Å². The van der Waals surface area contributed by atoms with Crippen molar-refractivity contribution in [1.29, 1.82) is 0 Å². The van der Waals surface area contributed by atoms with Crippen LogP contribution < -0.4 is 10.1 Å². The Bertz CT molecular complexity index is 464. The maximum absolute atomic E-state index is 12.3. The standard InChI is InChI=1S/C14H19BrN2O2.ClH/c1-17(14(18)10-5-6-16-8-10)9-11-7-12(15)3-4-13(11)19-2;/h3-4,7,10,16H,5-6,8-9H2,1-2H3;1H. The van der Waals surface area contributed by atoms with E-state index in [1.165, 1.54) is 0 Å². The molecule has 1 saturated heterocycles. The molecule has 0 bridgehead atoms. The van der Waals surface area contributed by atoms with Crippen LogP contribution in [0.15, 0.2) is 22.7 Å². The third-order valence-corrected chi connectivity index (χ3v) is 3.93. The third kappa shape index (κ3) is 4.11. The minimum absolute atomic E-state index is 0. The lowest BCUT2D eigenvalue weighted by Crippen LogP contribution is -2.33. The summed E-state index contributed by atoms with van der Waals surface area (Å²) in [4.78, 5) is 14.0. The van der Waals surface area contributed by atoms with Crippen LogP contribution in [-0.4, -0.2) is 38.1 Å². The van der Waals surface area contributed by atoms with Crippen LogP contribution in [0.1, 0.15) is 12.0 Å². The lowest BCUT2D eigenvalue weighted by Gasteiger charge is -2.22. The molecule has 1 aromatic carbocycles. The molecule has 0 saturated carbocycles.